The van der Waals surface area contributed by atoms with Crippen molar-refractivity contribution in [2.75, 3.05) is 13.2 Å². The van der Waals surface area contributed by atoms with Gasteiger partial charge in [-0.25, -0.2) is 0 Å². The Morgan fingerprint density at radius 1 is 1.43 bits per heavy atom. The topological polar surface area (TPSA) is 44.5 Å². The highest BCUT2D eigenvalue weighted by Crippen LogP contribution is 2.09. The third-order valence-corrected chi connectivity index (χ3v) is 0.861. The van der Waals surface area contributed by atoms with Crippen LogP contribution in [0.2, 0.25) is 0 Å². The van der Waals surface area contributed by atoms with E-state index in [2.05, 4.69) is 0 Å². The maximum Gasteiger partial charge on any atom is 0.221 e. The van der Waals surface area contributed by atoms with Crippen molar-refractivity contribution in [3.05, 3.63) is 0 Å². The van der Waals surface area contributed by atoms with E-state index in [9.17, 15) is 0 Å². The Balaban J connectivity index is 2.40. The van der Waals surface area contributed by atoms with Crippen LogP contribution in [0, 0.1) is 0 Å². The van der Waals surface area contributed by atoms with E-state index in [-0.39, 0.29) is 0 Å². The highest BCUT2D eigenvalue weighted by atomic mass is 16.7. The molecule has 0 bridgehead atoms. The van der Waals surface area contributed by atoms with Crippen LogP contribution in [0.4, 0.5) is 0 Å². The normalized spacial score (nSPS) is 28.3. The third kappa shape index (κ3) is 1.12. The van der Waals surface area contributed by atoms with Crippen molar-refractivity contribution >= 4 is 0 Å². The molecule has 1 saturated heterocycles. The zero-order valence-corrected chi connectivity index (χ0v) is 4.31. The molecule has 0 amide bonds. The van der Waals surface area contributed by atoms with E-state index in [0.29, 0.717) is 13.2 Å². The summed E-state index contributed by atoms with van der Waals surface area (Å²) < 4.78 is 9.79. The highest BCUT2D eigenvalue weighted by Gasteiger charge is 2.24. The maximum atomic E-state index is 5.33. The average molecular weight is 103 g/mol. The average Bonchev–Trinajstić information content (AvgIpc) is 1.84. The Kier molecular flexibility index (Phi) is 1.03. The summed E-state index contributed by atoms with van der Waals surface area (Å²) in [5, 5.41) is 0. The van der Waals surface area contributed by atoms with Crippen LogP contribution in [-0.4, -0.2) is 19.1 Å². The fourth-order valence-corrected chi connectivity index (χ4v) is 0.530. The van der Waals surface area contributed by atoms with E-state index in [1.165, 1.54) is 0 Å². The fraction of sp³-hybridized carbons (Fsp3) is 1.00. The Bertz CT molecular complexity index is 64.1. The van der Waals surface area contributed by atoms with Crippen molar-refractivity contribution in [3.63, 3.8) is 0 Å². The van der Waals surface area contributed by atoms with E-state index in [1.54, 1.807) is 6.92 Å². The molecule has 3 nitrogen and oxygen atoms in total. The zero-order chi connectivity index (χ0) is 5.33. The molecule has 2 N–H and O–H groups in total. The van der Waals surface area contributed by atoms with Crippen molar-refractivity contribution in [3.8, 4) is 0 Å². The van der Waals surface area contributed by atoms with E-state index >= 15 is 0 Å². The minimum absolute atomic E-state index is 0.618. The predicted octanol–water partition coefficient (Wildman–Crippen LogP) is -0.334. The number of hydrogen-bond acceptors (Lipinski definition) is 3. The van der Waals surface area contributed by atoms with Crippen molar-refractivity contribution in [1.82, 2.24) is 0 Å². The molecule has 0 spiro atoms. The van der Waals surface area contributed by atoms with Gasteiger partial charge in [-0.05, 0) is 0 Å². The van der Waals surface area contributed by atoms with Gasteiger partial charge >= 0.3 is 0 Å². The molecule has 7 heavy (non-hydrogen) atoms. The molecule has 1 rings (SSSR count). The van der Waals surface area contributed by atoms with Gasteiger partial charge in [0.2, 0.25) is 5.91 Å². The lowest BCUT2D eigenvalue weighted by atomic mass is 10.6. The van der Waals surface area contributed by atoms with Crippen molar-refractivity contribution in [2.45, 2.75) is 12.8 Å². The Morgan fingerprint density at radius 2 is 1.86 bits per heavy atom. The van der Waals surface area contributed by atoms with Crippen LogP contribution >= 0.6 is 0 Å². The quantitative estimate of drug-likeness (QED) is 0.456. The van der Waals surface area contributed by atoms with Crippen LogP contribution < -0.4 is 5.73 Å². The number of hydrogen-bond donors (Lipinski definition) is 1. The van der Waals surface area contributed by atoms with Crippen molar-refractivity contribution in [1.29, 1.82) is 0 Å². The van der Waals surface area contributed by atoms with Gasteiger partial charge in [-0.3, -0.25) is 5.73 Å². The first-order valence-corrected chi connectivity index (χ1v) is 2.27. The molecule has 0 aliphatic carbocycles. The first kappa shape index (κ1) is 5.03. The Labute approximate surface area is 42.4 Å². The van der Waals surface area contributed by atoms with Crippen molar-refractivity contribution < 1.29 is 9.47 Å². The number of rotatable bonds is 0. The minimum Gasteiger partial charge on any atom is -0.335 e. The molecular formula is C4H9NO2. The van der Waals surface area contributed by atoms with Gasteiger partial charge in [-0.1, -0.05) is 0 Å². The lowest BCUT2D eigenvalue weighted by Crippen LogP contribution is -2.36. The SMILES string of the molecule is CC1(N)OCCO1. The van der Waals surface area contributed by atoms with Gasteiger partial charge in [0.05, 0.1) is 13.2 Å². The minimum atomic E-state index is -0.806. The zero-order valence-electron chi connectivity index (χ0n) is 4.31. The van der Waals surface area contributed by atoms with Gasteiger partial charge in [-0.2, -0.15) is 0 Å². The van der Waals surface area contributed by atoms with Gasteiger partial charge in [0, 0.05) is 6.92 Å². The van der Waals surface area contributed by atoms with Crippen LogP contribution in [0.3, 0.4) is 0 Å². The van der Waals surface area contributed by atoms with Crippen LogP contribution in [0.5, 0.6) is 0 Å². The second-order valence-electron chi connectivity index (χ2n) is 1.71. The lowest BCUT2D eigenvalue weighted by Gasteiger charge is -2.13. The first-order valence-electron chi connectivity index (χ1n) is 2.27. The Morgan fingerprint density at radius 3 is 2.00 bits per heavy atom. The molecular weight excluding hydrogens is 94.0 g/mol. The summed E-state index contributed by atoms with van der Waals surface area (Å²) in [5.41, 5.74) is 5.33. The predicted molar refractivity (Wildman–Crippen MR) is 24.5 cm³/mol. The standard InChI is InChI=1S/C4H9NO2/c1-4(5)6-2-3-7-4/h2-3,5H2,1H3. The Hall–Kier alpha value is -0.120. The molecule has 1 aliphatic heterocycles. The van der Waals surface area contributed by atoms with Gasteiger partial charge in [-0.15, -0.1) is 0 Å². The van der Waals surface area contributed by atoms with E-state index in [4.69, 9.17) is 15.2 Å². The molecule has 0 unspecified atom stereocenters. The van der Waals surface area contributed by atoms with E-state index in [0.717, 1.165) is 0 Å². The van der Waals surface area contributed by atoms with Gasteiger partial charge in [0.15, 0.2) is 0 Å². The molecule has 0 aromatic rings. The monoisotopic (exact) mass is 103 g/mol. The summed E-state index contributed by atoms with van der Waals surface area (Å²) in [6.07, 6.45) is 0. The molecule has 1 heterocycles. The molecule has 0 aromatic heterocycles. The lowest BCUT2D eigenvalue weighted by molar-refractivity contribution is -0.136. The maximum absolute atomic E-state index is 5.33. The van der Waals surface area contributed by atoms with Gasteiger partial charge in [0.1, 0.15) is 0 Å². The second kappa shape index (κ2) is 1.43. The summed E-state index contributed by atoms with van der Waals surface area (Å²) in [5.74, 6) is -0.806. The smallest absolute Gasteiger partial charge is 0.221 e. The summed E-state index contributed by atoms with van der Waals surface area (Å²) in [6, 6.07) is 0. The van der Waals surface area contributed by atoms with E-state index in [1.807, 2.05) is 0 Å². The largest absolute Gasteiger partial charge is 0.335 e. The van der Waals surface area contributed by atoms with Gasteiger partial charge < -0.3 is 9.47 Å². The first-order chi connectivity index (χ1) is 3.21. The molecule has 42 valence electrons. The van der Waals surface area contributed by atoms with Crippen LogP contribution in [-0.2, 0) is 9.47 Å². The molecule has 0 aromatic carbocycles. The molecule has 3 heteroatoms. The van der Waals surface area contributed by atoms with Gasteiger partial charge in [0.25, 0.3) is 0 Å². The van der Waals surface area contributed by atoms with Crippen LogP contribution in [0.25, 0.3) is 0 Å². The number of ether oxygens (including phenoxy) is 2. The van der Waals surface area contributed by atoms with E-state index < -0.39 is 5.91 Å². The highest BCUT2D eigenvalue weighted by molar-refractivity contribution is 4.56. The van der Waals surface area contributed by atoms with Crippen LogP contribution in [0.1, 0.15) is 6.92 Å². The summed E-state index contributed by atoms with van der Waals surface area (Å²) in [4.78, 5) is 0. The number of nitrogens with two attached hydrogens (primary N) is 1. The van der Waals surface area contributed by atoms with Crippen molar-refractivity contribution in [2.24, 2.45) is 5.73 Å². The summed E-state index contributed by atoms with van der Waals surface area (Å²) in [7, 11) is 0. The molecule has 0 saturated carbocycles. The molecule has 0 radical (unpaired) electrons. The second-order valence-corrected chi connectivity index (χ2v) is 1.71. The summed E-state index contributed by atoms with van der Waals surface area (Å²) >= 11 is 0. The fourth-order valence-electron chi connectivity index (χ4n) is 0.530. The molecule has 1 aliphatic rings. The summed E-state index contributed by atoms with van der Waals surface area (Å²) in [6.45, 7) is 2.93. The van der Waals surface area contributed by atoms with Crippen LogP contribution in [0.15, 0.2) is 0 Å². The third-order valence-electron chi connectivity index (χ3n) is 0.861. The molecule has 1 fully saturated rings. The molecule has 0 atom stereocenters.